The molecule has 17 heavy (non-hydrogen) atoms. The third kappa shape index (κ3) is 2.60. The molecule has 0 spiro atoms. The van der Waals surface area contributed by atoms with E-state index in [0.29, 0.717) is 5.56 Å². The molecule has 2 aromatic rings. The third-order valence-electron chi connectivity index (χ3n) is 2.30. The molecule has 86 valence electrons. The Kier molecular flexibility index (Phi) is 3.35. The van der Waals surface area contributed by atoms with Crippen LogP contribution in [0, 0.1) is 0 Å². The summed E-state index contributed by atoms with van der Waals surface area (Å²) in [4.78, 5) is 19.3. The first-order valence-corrected chi connectivity index (χ1v) is 5.39. The number of hydrogen-bond donors (Lipinski definition) is 1. The maximum absolute atomic E-state index is 11.4. The van der Waals surface area contributed by atoms with Gasteiger partial charge < -0.3 is 5.32 Å². The first-order chi connectivity index (χ1) is 8.20. The third-order valence-corrected chi connectivity index (χ3v) is 2.48. The van der Waals surface area contributed by atoms with Crippen LogP contribution < -0.4 is 5.32 Å². The van der Waals surface area contributed by atoms with Gasteiger partial charge in [-0.2, -0.15) is 0 Å². The molecule has 0 aliphatic carbocycles. The number of nitrogens with one attached hydrogen (secondary N) is 1. The highest BCUT2D eigenvalue weighted by Gasteiger charge is 2.04. The molecule has 4 nitrogen and oxygen atoms in total. The number of benzene rings is 1. The molecule has 1 aromatic heterocycles. The van der Waals surface area contributed by atoms with Gasteiger partial charge in [0.05, 0.1) is 5.69 Å². The predicted molar refractivity (Wildman–Crippen MR) is 65.9 cm³/mol. The Labute approximate surface area is 104 Å². The molecule has 0 aliphatic rings. The molecule has 0 aliphatic heterocycles. The predicted octanol–water partition coefficient (Wildman–Crippen LogP) is 2.16. The second kappa shape index (κ2) is 4.93. The van der Waals surface area contributed by atoms with Crippen molar-refractivity contribution in [2.45, 2.75) is 0 Å². The van der Waals surface area contributed by atoms with E-state index in [2.05, 4.69) is 15.3 Å². The summed E-state index contributed by atoms with van der Waals surface area (Å²) >= 11 is 5.71. The highest BCUT2D eigenvalue weighted by Crippen LogP contribution is 2.18. The topological polar surface area (TPSA) is 54.9 Å². The van der Waals surface area contributed by atoms with Crippen molar-refractivity contribution in [2.24, 2.45) is 0 Å². The molecule has 1 heterocycles. The van der Waals surface area contributed by atoms with Crippen molar-refractivity contribution < 1.29 is 4.79 Å². The highest BCUT2D eigenvalue weighted by atomic mass is 35.5. The SMILES string of the molecule is CNC(=O)c1ccc(-c2ccnc(Cl)n2)cc1. The summed E-state index contributed by atoms with van der Waals surface area (Å²) in [7, 11) is 1.60. The van der Waals surface area contributed by atoms with Gasteiger partial charge in [0.1, 0.15) is 0 Å². The number of carbonyl (C=O) groups excluding carboxylic acids is 1. The zero-order valence-electron chi connectivity index (χ0n) is 9.14. The summed E-state index contributed by atoms with van der Waals surface area (Å²) in [5, 5.41) is 2.77. The molecule has 1 N–H and O–H groups in total. The van der Waals surface area contributed by atoms with Gasteiger partial charge in [0.2, 0.25) is 5.28 Å². The van der Waals surface area contributed by atoms with Gasteiger partial charge in [0.15, 0.2) is 0 Å². The molecular weight excluding hydrogens is 238 g/mol. The molecular formula is C12H10ClN3O. The van der Waals surface area contributed by atoms with Crippen LogP contribution in [0.25, 0.3) is 11.3 Å². The van der Waals surface area contributed by atoms with Crippen molar-refractivity contribution in [1.29, 1.82) is 0 Å². The van der Waals surface area contributed by atoms with Gasteiger partial charge in [0.25, 0.3) is 5.91 Å². The molecule has 1 amide bonds. The van der Waals surface area contributed by atoms with Crippen LogP contribution >= 0.6 is 11.6 Å². The Hall–Kier alpha value is -1.94. The van der Waals surface area contributed by atoms with Gasteiger partial charge >= 0.3 is 0 Å². The Bertz CT molecular complexity index is 540. The van der Waals surface area contributed by atoms with Gasteiger partial charge in [0, 0.05) is 24.4 Å². The molecule has 0 atom stereocenters. The quantitative estimate of drug-likeness (QED) is 0.828. The van der Waals surface area contributed by atoms with Gasteiger partial charge in [-0.1, -0.05) is 12.1 Å². The average molecular weight is 248 g/mol. The molecule has 0 unspecified atom stereocenters. The summed E-state index contributed by atoms with van der Waals surface area (Å²) in [6.07, 6.45) is 1.59. The number of rotatable bonds is 2. The average Bonchev–Trinajstić information content (AvgIpc) is 2.38. The number of hydrogen-bond acceptors (Lipinski definition) is 3. The first-order valence-electron chi connectivity index (χ1n) is 5.02. The molecule has 1 aromatic carbocycles. The second-order valence-corrected chi connectivity index (χ2v) is 3.71. The van der Waals surface area contributed by atoms with Crippen molar-refractivity contribution in [3.05, 3.63) is 47.4 Å². The molecule has 0 saturated heterocycles. The number of halogens is 1. The van der Waals surface area contributed by atoms with Crippen molar-refractivity contribution in [1.82, 2.24) is 15.3 Å². The fourth-order valence-corrected chi connectivity index (χ4v) is 1.58. The van der Waals surface area contributed by atoms with Gasteiger partial charge in [-0.3, -0.25) is 4.79 Å². The van der Waals surface area contributed by atoms with Crippen molar-refractivity contribution >= 4 is 17.5 Å². The summed E-state index contributed by atoms with van der Waals surface area (Å²) in [6.45, 7) is 0. The van der Waals surface area contributed by atoms with Crippen LogP contribution in [0.3, 0.4) is 0 Å². The Morgan fingerprint density at radius 1 is 1.24 bits per heavy atom. The largest absolute Gasteiger partial charge is 0.355 e. The highest BCUT2D eigenvalue weighted by molar-refractivity contribution is 6.28. The number of carbonyl (C=O) groups is 1. The molecule has 2 rings (SSSR count). The Morgan fingerprint density at radius 3 is 2.53 bits per heavy atom. The van der Waals surface area contributed by atoms with Gasteiger partial charge in [-0.25, -0.2) is 9.97 Å². The van der Waals surface area contributed by atoms with Crippen LogP contribution in [0.4, 0.5) is 0 Å². The fraction of sp³-hybridized carbons (Fsp3) is 0.0833. The van der Waals surface area contributed by atoms with E-state index < -0.39 is 0 Å². The van der Waals surface area contributed by atoms with Crippen molar-refractivity contribution in [2.75, 3.05) is 7.05 Å². The summed E-state index contributed by atoms with van der Waals surface area (Å²) < 4.78 is 0. The maximum Gasteiger partial charge on any atom is 0.251 e. The molecule has 0 fully saturated rings. The first kappa shape index (κ1) is 11.5. The normalized spacial score (nSPS) is 10.0. The van der Waals surface area contributed by atoms with E-state index in [1.807, 2.05) is 12.1 Å². The van der Waals surface area contributed by atoms with Gasteiger partial charge in [-0.15, -0.1) is 0 Å². The minimum Gasteiger partial charge on any atom is -0.355 e. The van der Waals surface area contributed by atoms with E-state index in [0.717, 1.165) is 11.3 Å². The molecule has 0 saturated carbocycles. The molecule has 5 heteroatoms. The van der Waals surface area contributed by atoms with E-state index in [4.69, 9.17) is 11.6 Å². The number of aromatic nitrogens is 2. The van der Waals surface area contributed by atoms with E-state index >= 15 is 0 Å². The zero-order valence-corrected chi connectivity index (χ0v) is 9.90. The van der Waals surface area contributed by atoms with E-state index in [1.165, 1.54) is 0 Å². The number of nitrogens with zero attached hydrogens (tertiary/aromatic N) is 2. The number of amides is 1. The van der Waals surface area contributed by atoms with E-state index in [9.17, 15) is 4.79 Å². The summed E-state index contributed by atoms with van der Waals surface area (Å²) in [6, 6.07) is 8.89. The summed E-state index contributed by atoms with van der Waals surface area (Å²) in [5.41, 5.74) is 2.23. The van der Waals surface area contributed by atoms with Gasteiger partial charge in [-0.05, 0) is 29.8 Å². The second-order valence-electron chi connectivity index (χ2n) is 3.37. The van der Waals surface area contributed by atoms with Crippen LogP contribution in [0.1, 0.15) is 10.4 Å². The summed E-state index contributed by atoms with van der Waals surface area (Å²) in [5.74, 6) is -0.114. The van der Waals surface area contributed by atoms with Crippen molar-refractivity contribution in [3.63, 3.8) is 0 Å². The monoisotopic (exact) mass is 247 g/mol. The smallest absolute Gasteiger partial charge is 0.251 e. The Morgan fingerprint density at radius 2 is 1.94 bits per heavy atom. The van der Waals surface area contributed by atoms with Crippen molar-refractivity contribution in [3.8, 4) is 11.3 Å². The molecule has 0 bridgehead atoms. The van der Waals surface area contributed by atoms with E-state index in [1.54, 1.807) is 31.4 Å². The lowest BCUT2D eigenvalue weighted by Gasteiger charge is -2.03. The van der Waals surface area contributed by atoms with Crippen LogP contribution in [-0.4, -0.2) is 22.9 Å². The lowest BCUT2D eigenvalue weighted by atomic mass is 10.1. The van der Waals surface area contributed by atoms with E-state index in [-0.39, 0.29) is 11.2 Å². The minimum atomic E-state index is -0.114. The standard InChI is InChI=1S/C12H10ClN3O/c1-14-11(17)9-4-2-8(3-5-9)10-6-7-15-12(13)16-10/h2-7H,1H3,(H,14,17). The fourth-order valence-electron chi connectivity index (χ4n) is 1.43. The van der Waals surface area contributed by atoms with Crippen LogP contribution in [-0.2, 0) is 0 Å². The zero-order chi connectivity index (χ0) is 12.3. The minimum absolute atomic E-state index is 0.114. The lowest BCUT2D eigenvalue weighted by molar-refractivity contribution is 0.0963. The maximum atomic E-state index is 11.4. The van der Waals surface area contributed by atoms with Crippen LogP contribution in [0.2, 0.25) is 5.28 Å². The lowest BCUT2D eigenvalue weighted by Crippen LogP contribution is -2.17. The molecule has 0 radical (unpaired) electrons. The van der Waals surface area contributed by atoms with Crippen LogP contribution in [0.5, 0.6) is 0 Å². The van der Waals surface area contributed by atoms with Crippen LogP contribution in [0.15, 0.2) is 36.5 Å². The Balaban J connectivity index is 2.32.